The third-order valence-corrected chi connectivity index (χ3v) is 3.34. The molecule has 0 aromatic carbocycles. The highest BCUT2D eigenvalue weighted by Crippen LogP contribution is 2.55. The highest BCUT2D eigenvalue weighted by Gasteiger charge is 2.45. The van der Waals surface area contributed by atoms with Gasteiger partial charge < -0.3 is 0 Å². The van der Waals surface area contributed by atoms with E-state index in [1.807, 2.05) is 0 Å². The van der Waals surface area contributed by atoms with Crippen molar-refractivity contribution in [1.29, 1.82) is 0 Å². The first kappa shape index (κ1) is 9.83. The molecule has 70 valence electrons. The molecule has 0 spiro atoms. The van der Waals surface area contributed by atoms with Crippen LogP contribution in [-0.4, -0.2) is 0 Å². The third kappa shape index (κ3) is 2.66. The van der Waals surface area contributed by atoms with E-state index in [0.29, 0.717) is 0 Å². The van der Waals surface area contributed by atoms with Gasteiger partial charge in [0.2, 0.25) is 0 Å². The molecule has 0 aromatic rings. The highest BCUT2D eigenvalue weighted by atomic mass is 14.5. The molecule has 0 nitrogen and oxygen atoms in total. The van der Waals surface area contributed by atoms with Crippen molar-refractivity contribution in [2.24, 2.45) is 17.3 Å². The third-order valence-electron chi connectivity index (χ3n) is 3.34. The van der Waals surface area contributed by atoms with Crippen LogP contribution in [0.1, 0.15) is 46.0 Å². The fraction of sp³-hybridized carbons (Fsp3) is 0.833. The molecule has 0 amide bonds. The predicted molar refractivity (Wildman–Crippen MR) is 55.1 cm³/mol. The zero-order valence-electron chi connectivity index (χ0n) is 8.60. The Hall–Kier alpha value is -0.260. The van der Waals surface area contributed by atoms with Gasteiger partial charge in [0, 0.05) is 0 Å². The van der Waals surface area contributed by atoms with Crippen LogP contribution in [0.2, 0.25) is 0 Å². The maximum absolute atomic E-state index is 3.00. The molecule has 1 unspecified atom stereocenters. The Morgan fingerprint density at radius 1 is 1.17 bits per heavy atom. The molecule has 2 fully saturated rings. The molecule has 2 saturated carbocycles. The highest BCUT2D eigenvalue weighted by molar-refractivity contribution is 4.95. The first-order valence-electron chi connectivity index (χ1n) is 5.18. The molecule has 0 N–H and O–H groups in total. The van der Waals surface area contributed by atoms with Crippen molar-refractivity contribution in [2.45, 2.75) is 46.0 Å². The van der Waals surface area contributed by atoms with Crippen LogP contribution in [-0.2, 0) is 0 Å². The lowest BCUT2D eigenvalue weighted by Crippen LogP contribution is -1.90. The van der Waals surface area contributed by atoms with Gasteiger partial charge in [-0.25, -0.2) is 0 Å². The first-order chi connectivity index (χ1) is 5.68. The summed E-state index contributed by atoms with van der Waals surface area (Å²) in [5.41, 5.74) is 0.731. The Bertz CT molecular complexity index is 142. The Morgan fingerprint density at radius 3 is 2.00 bits per heavy atom. The minimum absolute atomic E-state index is 0.731. The monoisotopic (exact) mass is 166 g/mol. The lowest BCUT2D eigenvalue weighted by atomic mass is 10.1. The number of hydrogen-bond donors (Lipinski definition) is 0. The maximum Gasteiger partial charge on any atom is -0.0323 e. The largest absolute Gasteiger partial charge is 0.106 e. The van der Waals surface area contributed by atoms with Gasteiger partial charge in [0.25, 0.3) is 0 Å². The van der Waals surface area contributed by atoms with Gasteiger partial charge in [-0.3, -0.25) is 0 Å². The lowest BCUT2D eigenvalue weighted by Gasteiger charge is -2.00. The van der Waals surface area contributed by atoms with Crippen molar-refractivity contribution in [1.82, 2.24) is 0 Å². The van der Waals surface area contributed by atoms with Crippen LogP contribution in [0.15, 0.2) is 13.2 Å². The minimum Gasteiger partial charge on any atom is -0.106 e. The van der Waals surface area contributed by atoms with E-state index in [1.54, 1.807) is 0 Å². The normalized spacial score (nSPS) is 30.3. The van der Waals surface area contributed by atoms with Crippen LogP contribution < -0.4 is 0 Å². The summed E-state index contributed by atoms with van der Waals surface area (Å²) in [6.07, 6.45) is 7.63. The second-order valence-corrected chi connectivity index (χ2v) is 4.91. The van der Waals surface area contributed by atoms with Crippen molar-refractivity contribution in [3.05, 3.63) is 13.2 Å². The molecule has 0 heterocycles. The summed E-state index contributed by atoms with van der Waals surface area (Å²) in [5, 5.41) is 0. The Morgan fingerprint density at radius 2 is 1.67 bits per heavy atom. The number of hydrogen-bond acceptors (Lipinski definition) is 0. The smallest absolute Gasteiger partial charge is 0.0323 e. The van der Waals surface area contributed by atoms with Gasteiger partial charge in [0.15, 0.2) is 0 Å². The van der Waals surface area contributed by atoms with Crippen LogP contribution in [0, 0.1) is 17.3 Å². The summed E-state index contributed by atoms with van der Waals surface area (Å²) >= 11 is 0. The van der Waals surface area contributed by atoms with Crippen molar-refractivity contribution in [3.63, 3.8) is 0 Å². The summed E-state index contributed by atoms with van der Waals surface area (Å²) in [5.74, 6) is 2.24. The van der Waals surface area contributed by atoms with Gasteiger partial charge in [0.1, 0.15) is 0 Å². The van der Waals surface area contributed by atoms with Crippen LogP contribution >= 0.6 is 0 Å². The van der Waals surface area contributed by atoms with E-state index in [1.165, 1.54) is 32.1 Å². The van der Waals surface area contributed by atoms with Gasteiger partial charge >= 0.3 is 0 Å². The molecule has 0 saturated heterocycles. The van der Waals surface area contributed by atoms with Crippen LogP contribution in [0.3, 0.4) is 0 Å². The van der Waals surface area contributed by atoms with Crippen molar-refractivity contribution >= 4 is 0 Å². The molecule has 2 aliphatic carbocycles. The maximum atomic E-state index is 3.00. The summed E-state index contributed by atoms with van der Waals surface area (Å²) in [6, 6.07) is 0. The molecule has 12 heavy (non-hydrogen) atoms. The molecule has 1 atom stereocenters. The van der Waals surface area contributed by atoms with E-state index in [2.05, 4.69) is 27.0 Å². The molecule has 0 radical (unpaired) electrons. The van der Waals surface area contributed by atoms with E-state index in [0.717, 1.165) is 17.3 Å². The molecule has 0 heteroatoms. The summed E-state index contributed by atoms with van der Waals surface area (Å²) in [7, 11) is 0. The van der Waals surface area contributed by atoms with Crippen molar-refractivity contribution in [3.8, 4) is 0 Å². The van der Waals surface area contributed by atoms with Gasteiger partial charge in [-0.15, -0.1) is 13.2 Å². The average molecular weight is 166 g/mol. The van der Waals surface area contributed by atoms with Crippen LogP contribution in [0.25, 0.3) is 0 Å². The van der Waals surface area contributed by atoms with Crippen LogP contribution in [0.5, 0.6) is 0 Å². The zero-order valence-corrected chi connectivity index (χ0v) is 8.60. The second kappa shape index (κ2) is 3.64. The lowest BCUT2D eigenvalue weighted by molar-refractivity contribution is 0.503. The van der Waals surface area contributed by atoms with Gasteiger partial charge in [-0.1, -0.05) is 33.1 Å². The van der Waals surface area contributed by atoms with E-state index in [-0.39, 0.29) is 0 Å². The molecule has 2 rings (SSSR count). The van der Waals surface area contributed by atoms with Crippen molar-refractivity contribution in [2.75, 3.05) is 0 Å². The minimum atomic E-state index is 0.731. The molecular formula is C12H22. The molecule has 0 aliphatic heterocycles. The first-order valence-corrected chi connectivity index (χ1v) is 5.18. The fourth-order valence-corrected chi connectivity index (χ4v) is 1.91. The standard InChI is InChI=1S/C10H18.C2H4/c1-10(2)7-9(10)6-5-8-3-4-8;1-2/h8-9H,3-7H2,1-2H3;1-2H2. The summed E-state index contributed by atoms with van der Waals surface area (Å²) in [6.45, 7) is 10.8. The van der Waals surface area contributed by atoms with Gasteiger partial charge in [-0.05, 0) is 30.1 Å². The second-order valence-electron chi connectivity index (χ2n) is 4.91. The van der Waals surface area contributed by atoms with Gasteiger partial charge in [-0.2, -0.15) is 0 Å². The molecule has 2 aliphatic rings. The van der Waals surface area contributed by atoms with Crippen LogP contribution in [0.4, 0.5) is 0 Å². The van der Waals surface area contributed by atoms with E-state index in [9.17, 15) is 0 Å². The Kier molecular flexibility index (Phi) is 2.98. The quantitative estimate of drug-likeness (QED) is 0.555. The fourth-order valence-electron chi connectivity index (χ4n) is 1.91. The Labute approximate surface area is 77.1 Å². The molecule has 0 aromatic heterocycles. The summed E-state index contributed by atoms with van der Waals surface area (Å²) < 4.78 is 0. The molecule has 0 bridgehead atoms. The predicted octanol–water partition coefficient (Wildman–Crippen LogP) is 4.02. The van der Waals surface area contributed by atoms with Gasteiger partial charge in [0.05, 0.1) is 0 Å². The molecular weight excluding hydrogens is 144 g/mol. The number of rotatable bonds is 3. The average Bonchev–Trinajstić information content (AvgIpc) is 2.90. The summed E-state index contributed by atoms with van der Waals surface area (Å²) in [4.78, 5) is 0. The SMILES string of the molecule is C=C.CC1(C)CC1CCC1CC1. The van der Waals surface area contributed by atoms with E-state index in [4.69, 9.17) is 0 Å². The van der Waals surface area contributed by atoms with E-state index < -0.39 is 0 Å². The van der Waals surface area contributed by atoms with Crippen molar-refractivity contribution < 1.29 is 0 Å². The topological polar surface area (TPSA) is 0 Å². The van der Waals surface area contributed by atoms with E-state index >= 15 is 0 Å². The zero-order chi connectivity index (χ0) is 9.19. The Balaban J connectivity index is 0.000000336.